The Kier molecular flexibility index (Phi) is 12.8. The van der Waals surface area contributed by atoms with Gasteiger partial charge in [0.1, 0.15) is 29.5 Å². The standard InChI is InChI=1S/C18H27ClN7O5P.C6H6O/c1-10(2)31-16(28)11(3)25-32-30-8-13(29-4)14(27)18(21,5-6-19)26-9-23-12-7-22-17(20)24-15(12)26;7-6-4-2-1-3-5-6/h7,9-11,13-14,25,27,32H,8,21H2,1-4H3,(H2,20,22,24);1-5,7H. The van der Waals surface area contributed by atoms with E-state index in [1.165, 1.54) is 24.2 Å². The number of aromatic hydroxyl groups is 1. The first-order chi connectivity index (χ1) is 18.5. The van der Waals surface area contributed by atoms with Crippen molar-refractivity contribution >= 4 is 43.6 Å². The summed E-state index contributed by atoms with van der Waals surface area (Å²) in [4.78, 5) is 24.0. The molecule has 0 radical (unpaired) electrons. The third-order valence-electron chi connectivity index (χ3n) is 5.12. The topological polar surface area (TPSA) is 193 Å². The third-order valence-corrected chi connectivity index (χ3v) is 6.07. The average Bonchev–Trinajstić information content (AvgIpc) is 3.32. The van der Waals surface area contributed by atoms with Crippen LogP contribution in [0, 0.1) is 11.3 Å². The van der Waals surface area contributed by atoms with Gasteiger partial charge in [0, 0.05) is 12.5 Å². The average molecular weight is 582 g/mol. The van der Waals surface area contributed by atoms with Crippen LogP contribution in [0.3, 0.4) is 0 Å². The molecule has 0 aliphatic rings. The quantitative estimate of drug-likeness (QED) is 0.0948. The summed E-state index contributed by atoms with van der Waals surface area (Å²) in [7, 11) is 1.12. The third kappa shape index (κ3) is 9.26. The number of fused-ring (bicyclic) bond motifs is 1. The molecule has 0 amide bonds. The number of nitrogens with one attached hydrogen (secondary N) is 1. The molecule has 212 valence electrons. The lowest BCUT2D eigenvalue weighted by molar-refractivity contribution is -0.148. The van der Waals surface area contributed by atoms with Crippen LogP contribution in [0.2, 0.25) is 0 Å². The molecule has 15 heteroatoms. The number of benzene rings is 1. The molecule has 0 spiro atoms. The number of methoxy groups -OCH3 is 1. The van der Waals surface area contributed by atoms with Gasteiger partial charge in [-0.05, 0) is 50.4 Å². The molecule has 5 unspecified atom stereocenters. The molecule has 2 heterocycles. The number of aromatic nitrogens is 4. The number of rotatable bonds is 11. The summed E-state index contributed by atoms with van der Waals surface area (Å²) in [6.45, 7) is 5.12. The number of anilines is 1. The Morgan fingerprint density at radius 3 is 2.54 bits per heavy atom. The zero-order valence-corrected chi connectivity index (χ0v) is 23.7. The van der Waals surface area contributed by atoms with Crippen molar-refractivity contribution in [3.05, 3.63) is 42.9 Å². The number of aliphatic hydroxyl groups excluding tert-OH is 1. The van der Waals surface area contributed by atoms with Gasteiger partial charge in [-0.25, -0.2) is 9.97 Å². The largest absolute Gasteiger partial charge is 0.508 e. The highest BCUT2D eigenvalue weighted by atomic mass is 35.5. The predicted octanol–water partition coefficient (Wildman–Crippen LogP) is 1.44. The van der Waals surface area contributed by atoms with Crippen molar-refractivity contribution in [2.45, 2.75) is 50.8 Å². The van der Waals surface area contributed by atoms with E-state index in [2.05, 4.69) is 31.3 Å². The van der Waals surface area contributed by atoms with Gasteiger partial charge in [0.2, 0.25) is 5.95 Å². The van der Waals surface area contributed by atoms with Crippen LogP contribution in [0.15, 0.2) is 42.9 Å². The Hall–Kier alpha value is -3.08. The maximum absolute atomic E-state index is 11.8. The lowest BCUT2D eigenvalue weighted by Gasteiger charge is -2.34. The van der Waals surface area contributed by atoms with E-state index in [1.807, 2.05) is 6.07 Å². The Morgan fingerprint density at radius 1 is 1.28 bits per heavy atom. The van der Waals surface area contributed by atoms with Crippen molar-refractivity contribution in [2.24, 2.45) is 5.73 Å². The minimum Gasteiger partial charge on any atom is -0.508 e. The van der Waals surface area contributed by atoms with E-state index in [-0.39, 0.29) is 33.3 Å². The number of nitrogens with two attached hydrogens (primary N) is 2. The molecule has 5 atom stereocenters. The maximum Gasteiger partial charge on any atom is 0.323 e. The van der Waals surface area contributed by atoms with Crippen LogP contribution >= 0.6 is 20.6 Å². The van der Waals surface area contributed by atoms with Gasteiger partial charge in [-0.2, -0.15) is 4.98 Å². The Labute approximate surface area is 233 Å². The molecule has 0 saturated heterocycles. The second-order valence-electron chi connectivity index (χ2n) is 8.42. The van der Waals surface area contributed by atoms with E-state index < -0.39 is 29.9 Å². The fourth-order valence-electron chi connectivity index (χ4n) is 3.09. The highest BCUT2D eigenvalue weighted by Crippen LogP contribution is 2.25. The van der Waals surface area contributed by atoms with E-state index in [4.69, 9.17) is 42.2 Å². The highest BCUT2D eigenvalue weighted by Gasteiger charge is 2.41. The fourth-order valence-corrected chi connectivity index (χ4v) is 3.87. The number of nitrogens with zero attached hydrogens (tertiary/aromatic N) is 4. The van der Waals surface area contributed by atoms with Crippen LogP contribution in [0.4, 0.5) is 5.95 Å². The van der Waals surface area contributed by atoms with E-state index in [1.54, 1.807) is 45.0 Å². The molecule has 1 aromatic carbocycles. The van der Waals surface area contributed by atoms with Crippen LogP contribution in [-0.2, 0) is 24.5 Å². The first-order valence-corrected chi connectivity index (χ1v) is 13.0. The lowest BCUT2D eigenvalue weighted by atomic mass is 9.99. The number of hydrogen-bond acceptors (Lipinski definition) is 12. The number of nitrogen functional groups attached to an aromatic ring is 1. The Morgan fingerprint density at radius 2 is 1.97 bits per heavy atom. The number of hydrogen-bond donors (Lipinski definition) is 5. The summed E-state index contributed by atoms with van der Waals surface area (Å²) < 4.78 is 17.4. The molecule has 13 nitrogen and oxygen atoms in total. The molecule has 2 aromatic heterocycles. The molecule has 3 rings (SSSR count). The summed E-state index contributed by atoms with van der Waals surface area (Å²) in [6, 6.07) is 8.14. The van der Waals surface area contributed by atoms with Gasteiger partial charge >= 0.3 is 5.97 Å². The summed E-state index contributed by atoms with van der Waals surface area (Å²) >= 11 is 5.64. The number of carbonyl (C=O) groups is 1. The van der Waals surface area contributed by atoms with Gasteiger partial charge in [-0.3, -0.25) is 20.2 Å². The van der Waals surface area contributed by atoms with Crippen molar-refractivity contribution in [2.75, 3.05) is 19.5 Å². The highest BCUT2D eigenvalue weighted by molar-refractivity contribution is 7.29. The number of carbonyl (C=O) groups excluding carboxylic acids is 1. The molecular formula is C24H33ClN7O6P. The fraction of sp³-hybridized carbons (Fsp3) is 0.417. The van der Waals surface area contributed by atoms with Gasteiger partial charge in [-0.15, -0.1) is 0 Å². The minimum atomic E-state index is -1.77. The van der Waals surface area contributed by atoms with Crippen LogP contribution in [0.1, 0.15) is 20.8 Å². The minimum absolute atomic E-state index is 0.000986. The lowest BCUT2D eigenvalue weighted by Crippen LogP contribution is -2.57. The predicted molar refractivity (Wildman–Crippen MR) is 149 cm³/mol. The van der Waals surface area contributed by atoms with Crippen molar-refractivity contribution in [3.63, 3.8) is 0 Å². The smallest absolute Gasteiger partial charge is 0.323 e. The van der Waals surface area contributed by atoms with Crippen LogP contribution in [0.25, 0.3) is 11.2 Å². The van der Waals surface area contributed by atoms with Crippen LogP contribution in [-0.4, -0.2) is 73.8 Å². The second-order valence-corrected chi connectivity index (χ2v) is 9.39. The molecule has 39 heavy (non-hydrogen) atoms. The molecule has 0 fully saturated rings. The second kappa shape index (κ2) is 15.5. The normalized spacial score (nSPS) is 15.1. The number of esters is 1. The molecule has 0 aliphatic carbocycles. The molecule has 0 bridgehead atoms. The summed E-state index contributed by atoms with van der Waals surface area (Å²) in [5.74, 6) is 2.51. The number of phenols is 1. The molecule has 7 N–H and O–H groups in total. The first-order valence-electron chi connectivity index (χ1n) is 11.7. The Balaban J connectivity index is 0.000000658. The first kappa shape index (κ1) is 32.1. The summed E-state index contributed by atoms with van der Waals surface area (Å²) in [5.41, 5.74) is 11.0. The zero-order chi connectivity index (χ0) is 29.0. The van der Waals surface area contributed by atoms with E-state index in [0.717, 1.165) is 0 Å². The van der Waals surface area contributed by atoms with Crippen molar-refractivity contribution in [1.29, 1.82) is 0 Å². The molecule has 3 aromatic rings. The monoisotopic (exact) mass is 581 g/mol. The van der Waals surface area contributed by atoms with Crippen molar-refractivity contribution < 1.29 is 29.0 Å². The van der Waals surface area contributed by atoms with Gasteiger partial charge in [0.05, 0.1) is 34.2 Å². The van der Waals surface area contributed by atoms with Gasteiger partial charge < -0.3 is 29.9 Å². The van der Waals surface area contributed by atoms with Crippen LogP contribution < -0.4 is 16.6 Å². The van der Waals surface area contributed by atoms with Gasteiger partial charge in [-0.1, -0.05) is 18.2 Å². The summed E-state index contributed by atoms with van der Waals surface area (Å²) in [5, 5.41) is 24.8. The molecular weight excluding hydrogens is 549 g/mol. The summed E-state index contributed by atoms with van der Waals surface area (Å²) in [6.07, 6.45) is 0.221. The van der Waals surface area contributed by atoms with Gasteiger partial charge in [0.25, 0.3) is 0 Å². The van der Waals surface area contributed by atoms with E-state index >= 15 is 0 Å². The van der Waals surface area contributed by atoms with E-state index in [9.17, 15) is 9.90 Å². The number of halogens is 1. The van der Waals surface area contributed by atoms with Crippen LogP contribution in [0.5, 0.6) is 5.75 Å². The zero-order valence-electron chi connectivity index (χ0n) is 21.9. The number of phenolic OH excluding ortho intramolecular Hbond substituents is 1. The van der Waals surface area contributed by atoms with Crippen molar-refractivity contribution in [1.82, 2.24) is 24.6 Å². The maximum atomic E-state index is 11.8. The SMILES string of the molecule is COC(COPNC(C)C(=O)OC(C)C)C(O)C(N)(C#CCl)n1cnc2cnc(N)nc21.Oc1ccccc1. The van der Waals surface area contributed by atoms with E-state index in [0.29, 0.717) is 11.3 Å². The number of para-hydroxylation sites is 1. The molecule has 0 saturated carbocycles. The Bertz CT molecular complexity index is 1260. The number of imidazole rings is 1. The van der Waals surface area contributed by atoms with Gasteiger partial charge in [0.15, 0.2) is 11.3 Å². The van der Waals surface area contributed by atoms with Crippen molar-refractivity contribution in [3.8, 4) is 17.0 Å². The number of aliphatic hydroxyl groups is 1. The number of ether oxygens (including phenoxy) is 2. The molecule has 0 aliphatic heterocycles.